The second-order valence-electron chi connectivity index (χ2n) is 9.16. The highest BCUT2D eigenvalue weighted by Crippen LogP contribution is 2.40. The van der Waals surface area contributed by atoms with Gasteiger partial charge in [-0.1, -0.05) is 17.7 Å². The molecule has 1 aromatic carbocycles. The Morgan fingerprint density at radius 1 is 1.10 bits per heavy atom. The number of thiazole rings is 1. The summed E-state index contributed by atoms with van der Waals surface area (Å²) in [6.07, 6.45) is 2.67. The van der Waals surface area contributed by atoms with Crippen LogP contribution in [-0.2, 0) is 12.8 Å². The minimum absolute atomic E-state index is 0.114. The molecule has 7 nitrogen and oxygen atoms in total. The van der Waals surface area contributed by atoms with Crippen molar-refractivity contribution in [2.75, 3.05) is 19.5 Å². The molecule has 39 heavy (non-hydrogen) atoms. The van der Waals surface area contributed by atoms with Crippen LogP contribution in [0.4, 0.5) is 13.9 Å². The predicted octanol–water partition coefficient (Wildman–Crippen LogP) is 7.04. The number of pyridine rings is 2. The van der Waals surface area contributed by atoms with Gasteiger partial charge in [0.2, 0.25) is 0 Å². The summed E-state index contributed by atoms with van der Waals surface area (Å²) < 4.78 is 37.2. The van der Waals surface area contributed by atoms with Crippen molar-refractivity contribution >= 4 is 34.0 Å². The summed E-state index contributed by atoms with van der Waals surface area (Å²) in [7, 11) is 2.93. The van der Waals surface area contributed by atoms with Crippen LogP contribution < -0.4 is 14.8 Å². The van der Waals surface area contributed by atoms with Gasteiger partial charge >= 0.3 is 0 Å². The Hall–Kier alpha value is -3.63. The number of nitrogens with one attached hydrogen (secondary N) is 1. The molecule has 0 spiro atoms. The Morgan fingerprint density at radius 2 is 1.90 bits per heavy atom. The highest BCUT2D eigenvalue weighted by molar-refractivity contribution is 7.15. The molecule has 1 amide bonds. The van der Waals surface area contributed by atoms with Crippen LogP contribution in [0.2, 0.25) is 5.15 Å². The number of carbonyl (C=O) groups excluding carboxylic acids is 1. The molecule has 0 saturated carbocycles. The third-order valence-electron chi connectivity index (χ3n) is 6.75. The Kier molecular flexibility index (Phi) is 7.76. The van der Waals surface area contributed by atoms with Crippen molar-refractivity contribution in [1.29, 1.82) is 0 Å². The number of fused-ring (bicyclic) bond motifs is 1. The highest BCUT2D eigenvalue weighted by Gasteiger charge is 2.26. The topological polar surface area (TPSA) is 86.2 Å². The number of halogens is 3. The summed E-state index contributed by atoms with van der Waals surface area (Å²) in [6, 6.07) is 8.33. The fourth-order valence-corrected chi connectivity index (χ4v) is 6.03. The molecule has 1 unspecified atom stereocenters. The number of aryl methyl sites for hydroxylation is 2. The van der Waals surface area contributed by atoms with Crippen LogP contribution in [0, 0.1) is 6.92 Å². The van der Waals surface area contributed by atoms with E-state index in [0.29, 0.717) is 34.0 Å². The number of anilines is 1. The van der Waals surface area contributed by atoms with Crippen LogP contribution in [-0.4, -0.2) is 35.1 Å². The number of amides is 1. The molecule has 202 valence electrons. The molecule has 0 aliphatic heterocycles. The fraction of sp³-hybridized carbons (Fsp3) is 0.286. The Labute approximate surface area is 233 Å². The van der Waals surface area contributed by atoms with Crippen LogP contribution >= 0.6 is 22.9 Å². The van der Waals surface area contributed by atoms with E-state index in [1.807, 2.05) is 6.92 Å². The van der Waals surface area contributed by atoms with Crippen LogP contribution in [0.1, 0.15) is 56.5 Å². The maximum absolute atomic E-state index is 13.4. The third kappa shape index (κ3) is 5.58. The van der Waals surface area contributed by atoms with Gasteiger partial charge in [-0.3, -0.25) is 15.1 Å². The number of hydrogen-bond acceptors (Lipinski definition) is 7. The normalized spacial score (nSPS) is 14.7. The first-order valence-corrected chi connectivity index (χ1v) is 13.4. The quantitative estimate of drug-likeness (QED) is 0.240. The van der Waals surface area contributed by atoms with Gasteiger partial charge in [0.25, 0.3) is 12.3 Å². The van der Waals surface area contributed by atoms with Gasteiger partial charge in [0.15, 0.2) is 5.13 Å². The van der Waals surface area contributed by atoms with E-state index in [9.17, 15) is 13.6 Å². The molecule has 0 bridgehead atoms. The van der Waals surface area contributed by atoms with Gasteiger partial charge in [-0.15, -0.1) is 11.3 Å². The van der Waals surface area contributed by atoms with Gasteiger partial charge in [0.05, 0.1) is 37.2 Å². The molecule has 5 rings (SSSR count). The monoisotopic (exact) mass is 570 g/mol. The van der Waals surface area contributed by atoms with Gasteiger partial charge in [-0.25, -0.2) is 18.7 Å². The van der Waals surface area contributed by atoms with Crippen molar-refractivity contribution < 1.29 is 23.0 Å². The summed E-state index contributed by atoms with van der Waals surface area (Å²) in [5.41, 5.74) is 4.08. The molecule has 0 radical (unpaired) electrons. The molecule has 11 heteroatoms. The second kappa shape index (κ2) is 11.2. The van der Waals surface area contributed by atoms with E-state index in [1.54, 1.807) is 24.3 Å². The van der Waals surface area contributed by atoms with E-state index in [4.69, 9.17) is 21.1 Å². The van der Waals surface area contributed by atoms with E-state index in [1.165, 1.54) is 44.0 Å². The maximum Gasteiger partial charge on any atom is 0.267 e. The highest BCUT2D eigenvalue weighted by atomic mass is 35.5. The first-order chi connectivity index (χ1) is 18.8. The van der Waals surface area contributed by atoms with Crippen molar-refractivity contribution in [3.05, 3.63) is 80.8 Å². The number of benzene rings is 1. The zero-order valence-electron chi connectivity index (χ0n) is 21.4. The molecular formula is C28H25ClF2N4O3S. The lowest BCUT2D eigenvalue weighted by molar-refractivity contribution is 0.102. The largest absolute Gasteiger partial charge is 0.496 e. The van der Waals surface area contributed by atoms with Gasteiger partial charge in [0.1, 0.15) is 16.7 Å². The Morgan fingerprint density at radius 3 is 2.64 bits per heavy atom. The van der Waals surface area contributed by atoms with Crippen molar-refractivity contribution in [3.8, 4) is 22.6 Å². The van der Waals surface area contributed by atoms with Crippen molar-refractivity contribution in [3.63, 3.8) is 0 Å². The van der Waals surface area contributed by atoms with E-state index in [-0.39, 0.29) is 28.3 Å². The fourth-order valence-electron chi connectivity index (χ4n) is 4.79. The molecule has 1 aliphatic carbocycles. The second-order valence-corrected chi connectivity index (χ2v) is 10.6. The number of aromatic nitrogens is 3. The first kappa shape index (κ1) is 27.0. The average Bonchev–Trinajstić information content (AvgIpc) is 3.33. The number of rotatable bonds is 7. The summed E-state index contributed by atoms with van der Waals surface area (Å²) in [4.78, 5) is 27.5. The van der Waals surface area contributed by atoms with Gasteiger partial charge in [-0.05, 0) is 61.9 Å². The van der Waals surface area contributed by atoms with Crippen molar-refractivity contribution in [1.82, 2.24) is 15.0 Å². The Bertz CT molecular complexity index is 1550. The summed E-state index contributed by atoms with van der Waals surface area (Å²) in [5.74, 6) is 0.453. The van der Waals surface area contributed by atoms with Crippen LogP contribution in [0.3, 0.4) is 0 Å². The predicted molar refractivity (Wildman–Crippen MR) is 147 cm³/mol. The van der Waals surface area contributed by atoms with Crippen LogP contribution in [0.5, 0.6) is 11.5 Å². The van der Waals surface area contributed by atoms with E-state index in [2.05, 4.69) is 20.3 Å². The van der Waals surface area contributed by atoms with Gasteiger partial charge in [-0.2, -0.15) is 0 Å². The summed E-state index contributed by atoms with van der Waals surface area (Å²) in [6.45, 7) is 1.84. The molecular weight excluding hydrogens is 546 g/mol. The lowest BCUT2D eigenvalue weighted by Crippen LogP contribution is -2.14. The minimum Gasteiger partial charge on any atom is -0.496 e. The van der Waals surface area contributed by atoms with E-state index >= 15 is 0 Å². The standard InChI is InChI=1S/C28H25ClF2N4O3S/c1-14-8-18(19-11-25(29)33-13-23(19)38-3)20(12-32-14)27(36)35-28-34-21-7-5-16(10-24(21)39-28)15-4-6-17(26(30)31)22(9-15)37-2/h4,6,8-9,11-13,16,26H,5,7,10H2,1-3H3,(H,34,35,36). The molecule has 3 aromatic heterocycles. The average molecular weight is 571 g/mol. The smallest absolute Gasteiger partial charge is 0.267 e. The minimum atomic E-state index is -2.60. The summed E-state index contributed by atoms with van der Waals surface area (Å²) in [5, 5.41) is 3.69. The van der Waals surface area contributed by atoms with E-state index < -0.39 is 6.43 Å². The van der Waals surface area contributed by atoms with Crippen molar-refractivity contribution in [2.24, 2.45) is 0 Å². The third-order valence-corrected chi connectivity index (χ3v) is 8.00. The van der Waals surface area contributed by atoms with Gasteiger partial charge in [0, 0.05) is 27.9 Å². The maximum atomic E-state index is 13.4. The molecule has 0 saturated heterocycles. The van der Waals surface area contributed by atoms with Crippen LogP contribution in [0.25, 0.3) is 11.1 Å². The molecule has 4 aromatic rings. The zero-order valence-corrected chi connectivity index (χ0v) is 23.0. The zero-order chi connectivity index (χ0) is 27.7. The number of ether oxygens (including phenoxy) is 2. The Balaban J connectivity index is 1.38. The number of methoxy groups -OCH3 is 2. The molecule has 1 atom stereocenters. The SMILES string of the molecule is COc1cnc(Cl)cc1-c1cc(C)ncc1C(=O)Nc1nc2c(s1)CC(c1ccc(C(F)F)c(OC)c1)CC2. The van der Waals surface area contributed by atoms with E-state index in [0.717, 1.165) is 34.7 Å². The first-order valence-electron chi connectivity index (χ1n) is 12.2. The number of nitrogens with zero attached hydrogens (tertiary/aromatic N) is 3. The molecule has 1 N–H and O–H groups in total. The number of carbonyl (C=O) groups is 1. The molecule has 0 fully saturated rings. The number of alkyl halides is 2. The van der Waals surface area contributed by atoms with Crippen molar-refractivity contribution in [2.45, 2.75) is 38.5 Å². The molecule has 3 heterocycles. The lowest BCUT2D eigenvalue weighted by Gasteiger charge is -2.22. The summed E-state index contributed by atoms with van der Waals surface area (Å²) >= 11 is 7.57. The molecule has 1 aliphatic rings. The van der Waals surface area contributed by atoms with Gasteiger partial charge < -0.3 is 9.47 Å². The number of hydrogen-bond donors (Lipinski definition) is 1. The lowest BCUT2D eigenvalue weighted by atomic mass is 9.85. The van der Waals surface area contributed by atoms with Crippen LogP contribution in [0.15, 0.2) is 42.7 Å².